The molecule has 4 atom stereocenters. The summed E-state index contributed by atoms with van der Waals surface area (Å²) in [6.07, 6.45) is -1.59. The SMILES string of the molecule is O=C(O)Oc1cn([C@@H]2C[C@H]2F)c2nc(N3C[C@@H]4NCCO[C@@H]4C3)c(F)cc2c1=O. The minimum absolute atomic E-state index is 0.0489. The number of carbonyl (C=O) groups is 1. The Bertz CT molecular complexity index is 1050. The Balaban J connectivity index is 1.62. The zero-order chi connectivity index (χ0) is 20.3. The quantitative estimate of drug-likeness (QED) is 0.727. The van der Waals surface area contributed by atoms with Crippen LogP contribution in [0.2, 0.25) is 0 Å². The number of hydrogen-bond donors (Lipinski definition) is 2. The van der Waals surface area contributed by atoms with E-state index in [2.05, 4.69) is 15.0 Å². The summed E-state index contributed by atoms with van der Waals surface area (Å²) in [5.41, 5.74) is -0.717. The van der Waals surface area contributed by atoms with Crippen LogP contribution < -0.4 is 20.4 Å². The Kier molecular flexibility index (Phi) is 4.17. The Morgan fingerprint density at radius 1 is 1.41 bits per heavy atom. The van der Waals surface area contributed by atoms with Crippen LogP contribution in [-0.2, 0) is 4.74 Å². The standard InChI is InChI=1S/C18H18F2N4O5/c19-9-4-12(9)24-7-14(29-18(26)27)15(25)8-3-10(20)17(22-16(8)24)23-5-11-13(6-23)28-2-1-21-11/h3,7,9,11-13,21H,1-2,4-6H2,(H,26,27)/t9-,11+,12-,13-/m1/s1. The third-order valence-corrected chi connectivity index (χ3v) is 5.55. The van der Waals surface area contributed by atoms with E-state index in [1.165, 1.54) is 4.57 Å². The number of pyridine rings is 2. The van der Waals surface area contributed by atoms with Crippen LogP contribution >= 0.6 is 0 Å². The molecule has 154 valence electrons. The van der Waals surface area contributed by atoms with Gasteiger partial charge in [0.2, 0.25) is 5.43 Å². The van der Waals surface area contributed by atoms with Gasteiger partial charge >= 0.3 is 6.16 Å². The number of nitrogens with zero attached hydrogens (tertiary/aromatic N) is 3. The molecular formula is C18H18F2N4O5. The van der Waals surface area contributed by atoms with E-state index in [0.717, 1.165) is 12.3 Å². The molecule has 0 radical (unpaired) electrons. The number of fused-ring (bicyclic) bond motifs is 2. The van der Waals surface area contributed by atoms with Crippen molar-refractivity contribution in [1.29, 1.82) is 0 Å². The summed E-state index contributed by atoms with van der Waals surface area (Å²) in [6.45, 7) is 2.22. The fourth-order valence-corrected chi connectivity index (χ4v) is 4.06. The van der Waals surface area contributed by atoms with Crippen molar-refractivity contribution in [2.24, 2.45) is 0 Å². The molecule has 11 heteroatoms. The number of anilines is 1. The first-order valence-electron chi connectivity index (χ1n) is 9.32. The summed E-state index contributed by atoms with van der Waals surface area (Å²) < 4.78 is 40.3. The fourth-order valence-electron chi connectivity index (χ4n) is 4.06. The van der Waals surface area contributed by atoms with Crippen LogP contribution in [0.4, 0.5) is 19.4 Å². The lowest BCUT2D eigenvalue weighted by molar-refractivity contribution is 0.0212. The van der Waals surface area contributed by atoms with Crippen LogP contribution in [0.15, 0.2) is 17.1 Å². The van der Waals surface area contributed by atoms with E-state index in [0.29, 0.717) is 26.2 Å². The van der Waals surface area contributed by atoms with E-state index in [-0.39, 0.29) is 35.4 Å². The number of aromatic nitrogens is 2. The van der Waals surface area contributed by atoms with Gasteiger partial charge in [0.05, 0.1) is 36.4 Å². The molecule has 5 rings (SSSR count). The molecule has 2 N–H and O–H groups in total. The van der Waals surface area contributed by atoms with Gasteiger partial charge < -0.3 is 29.4 Å². The number of hydrogen-bond acceptors (Lipinski definition) is 7. The van der Waals surface area contributed by atoms with Crippen molar-refractivity contribution < 1.29 is 28.2 Å². The molecule has 2 saturated heterocycles. The maximum Gasteiger partial charge on any atom is 0.511 e. The van der Waals surface area contributed by atoms with E-state index in [4.69, 9.17) is 9.84 Å². The second-order valence-electron chi connectivity index (χ2n) is 7.46. The van der Waals surface area contributed by atoms with Crippen LogP contribution in [0.3, 0.4) is 0 Å². The molecule has 1 aliphatic carbocycles. The first-order chi connectivity index (χ1) is 13.9. The monoisotopic (exact) mass is 408 g/mol. The van der Waals surface area contributed by atoms with Gasteiger partial charge in [-0.1, -0.05) is 0 Å². The highest BCUT2D eigenvalue weighted by molar-refractivity contribution is 5.80. The smallest absolute Gasteiger partial charge is 0.449 e. The summed E-state index contributed by atoms with van der Waals surface area (Å²) in [5.74, 6) is -1.18. The Morgan fingerprint density at radius 3 is 2.90 bits per heavy atom. The van der Waals surface area contributed by atoms with Crippen LogP contribution in [0.1, 0.15) is 12.5 Å². The van der Waals surface area contributed by atoms with Crippen molar-refractivity contribution in [2.45, 2.75) is 30.8 Å². The summed E-state index contributed by atoms with van der Waals surface area (Å²) in [6, 6.07) is 0.455. The number of carboxylic acid groups (broad SMARTS) is 1. The zero-order valence-electron chi connectivity index (χ0n) is 15.2. The van der Waals surface area contributed by atoms with Crippen molar-refractivity contribution in [3.63, 3.8) is 0 Å². The third-order valence-electron chi connectivity index (χ3n) is 5.55. The van der Waals surface area contributed by atoms with Crippen molar-refractivity contribution in [2.75, 3.05) is 31.1 Å². The average Bonchev–Trinajstić information content (AvgIpc) is 3.24. The number of rotatable bonds is 3. The average molecular weight is 408 g/mol. The number of alkyl halides is 1. The number of nitrogens with one attached hydrogen (secondary N) is 1. The van der Waals surface area contributed by atoms with Gasteiger partial charge in [0.1, 0.15) is 11.8 Å². The molecule has 3 aliphatic rings. The molecule has 3 fully saturated rings. The minimum Gasteiger partial charge on any atom is -0.449 e. The maximum absolute atomic E-state index is 14.9. The van der Waals surface area contributed by atoms with Gasteiger partial charge in [-0.05, 0) is 6.07 Å². The van der Waals surface area contributed by atoms with E-state index in [1.807, 2.05) is 0 Å². The van der Waals surface area contributed by atoms with Crippen LogP contribution in [-0.4, -0.2) is 65.4 Å². The molecule has 1 saturated carbocycles. The van der Waals surface area contributed by atoms with E-state index in [1.54, 1.807) is 4.90 Å². The van der Waals surface area contributed by atoms with Crippen molar-refractivity contribution in [1.82, 2.24) is 14.9 Å². The maximum atomic E-state index is 14.9. The summed E-state index contributed by atoms with van der Waals surface area (Å²) in [5, 5.41) is 12.0. The van der Waals surface area contributed by atoms with Crippen LogP contribution in [0, 0.1) is 5.82 Å². The van der Waals surface area contributed by atoms with E-state index in [9.17, 15) is 18.4 Å². The number of halogens is 2. The van der Waals surface area contributed by atoms with Crippen molar-refractivity contribution in [3.05, 3.63) is 28.3 Å². The van der Waals surface area contributed by atoms with Crippen molar-refractivity contribution >= 4 is 23.0 Å². The molecule has 0 bridgehead atoms. The van der Waals surface area contributed by atoms with Gasteiger partial charge in [-0.15, -0.1) is 0 Å². The highest BCUT2D eigenvalue weighted by Crippen LogP contribution is 2.41. The third kappa shape index (κ3) is 3.10. The summed E-state index contributed by atoms with van der Waals surface area (Å²) in [4.78, 5) is 29.6. The zero-order valence-corrected chi connectivity index (χ0v) is 15.2. The Labute approximate surface area is 162 Å². The lowest BCUT2D eigenvalue weighted by atomic mass is 10.2. The largest absolute Gasteiger partial charge is 0.511 e. The predicted octanol–water partition coefficient (Wildman–Crippen LogP) is 1.05. The van der Waals surface area contributed by atoms with E-state index >= 15 is 0 Å². The second-order valence-corrected chi connectivity index (χ2v) is 7.46. The topological polar surface area (TPSA) is 106 Å². The molecular weight excluding hydrogens is 390 g/mol. The molecule has 29 heavy (non-hydrogen) atoms. The summed E-state index contributed by atoms with van der Waals surface area (Å²) >= 11 is 0. The number of morpholine rings is 1. The highest BCUT2D eigenvalue weighted by Gasteiger charge is 2.41. The van der Waals surface area contributed by atoms with Gasteiger partial charge in [-0.25, -0.2) is 18.6 Å². The lowest BCUT2D eigenvalue weighted by Crippen LogP contribution is -2.47. The molecule has 0 unspecified atom stereocenters. The van der Waals surface area contributed by atoms with Gasteiger partial charge in [0.25, 0.3) is 0 Å². The normalized spacial score (nSPS) is 28.4. The van der Waals surface area contributed by atoms with Gasteiger partial charge in [-0.3, -0.25) is 4.79 Å². The van der Waals surface area contributed by atoms with Gasteiger partial charge in [0, 0.05) is 26.1 Å². The first-order valence-corrected chi connectivity index (χ1v) is 9.32. The highest BCUT2D eigenvalue weighted by atomic mass is 19.1. The molecule has 0 aromatic carbocycles. The summed E-state index contributed by atoms with van der Waals surface area (Å²) in [7, 11) is 0. The number of ether oxygens (including phenoxy) is 2. The molecule has 2 aliphatic heterocycles. The molecule has 2 aromatic heterocycles. The lowest BCUT2D eigenvalue weighted by Gasteiger charge is -2.25. The molecule has 9 nitrogen and oxygen atoms in total. The second kappa shape index (κ2) is 6.63. The minimum atomic E-state index is -1.68. The Hall–Kier alpha value is -2.79. The molecule has 4 heterocycles. The first kappa shape index (κ1) is 18.3. The fraction of sp³-hybridized carbons (Fsp3) is 0.500. The molecule has 0 amide bonds. The van der Waals surface area contributed by atoms with Crippen LogP contribution in [0.25, 0.3) is 11.0 Å². The van der Waals surface area contributed by atoms with Crippen molar-refractivity contribution in [3.8, 4) is 5.75 Å². The molecule has 2 aromatic rings. The Morgan fingerprint density at radius 2 is 2.21 bits per heavy atom. The van der Waals surface area contributed by atoms with E-state index < -0.39 is 35.4 Å². The van der Waals surface area contributed by atoms with Crippen LogP contribution in [0.5, 0.6) is 5.75 Å². The van der Waals surface area contributed by atoms with Gasteiger partial charge in [0.15, 0.2) is 17.4 Å². The molecule has 0 spiro atoms. The van der Waals surface area contributed by atoms with Gasteiger partial charge in [-0.2, -0.15) is 0 Å². The predicted molar refractivity (Wildman–Crippen MR) is 96.9 cm³/mol.